The fourth-order valence-corrected chi connectivity index (χ4v) is 3.66. The SMILES string of the molecule is O=C(O)CCNC(=O)CC1SC(N=Nc2c(O)[nH]c3ccc(Br)cc23)=NC1=O. The molecule has 10 nitrogen and oxygen atoms in total. The van der Waals surface area contributed by atoms with Crippen LogP contribution >= 0.6 is 27.7 Å². The van der Waals surface area contributed by atoms with Gasteiger partial charge >= 0.3 is 5.97 Å². The van der Waals surface area contributed by atoms with E-state index in [1.54, 1.807) is 18.2 Å². The Morgan fingerprint density at radius 1 is 1.36 bits per heavy atom. The molecule has 4 N–H and O–H groups in total. The molecule has 1 unspecified atom stereocenters. The summed E-state index contributed by atoms with van der Waals surface area (Å²) in [6, 6.07) is 5.34. The second kappa shape index (κ2) is 8.52. The fraction of sp³-hybridized carbons (Fsp3) is 0.250. The Balaban J connectivity index is 1.63. The molecule has 0 saturated carbocycles. The Morgan fingerprint density at radius 2 is 2.14 bits per heavy atom. The zero-order valence-corrected chi connectivity index (χ0v) is 16.6. The second-order valence-corrected chi connectivity index (χ2v) is 7.83. The van der Waals surface area contributed by atoms with Crippen LogP contribution in [0.25, 0.3) is 10.9 Å². The van der Waals surface area contributed by atoms with Crippen molar-refractivity contribution in [2.45, 2.75) is 18.1 Å². The number of hydrogen-bond acceptors (Lipinski definition) is 7. The number of carboxylic acids is 1. The predicted octanol–water partition coefficient (Wildman–Crippen LogP) is 2.70. The molecule has 3 rings (SSSR count). The Bertz CT molecular complexity index is 1020. The summed E-state index contributed by atoms with van der Waals surface area (Å²) in [7, 11) is 0. The Morgan fingerprint density at radius 3 is 2.89 bits per heavy atom. The minimum absolute atomic E-state index is 0.0113. The average Bonchev–Trinajstić information content (AvgIpc) is 3.11. The molecule has 28 heavy (non-hydrogen) atoms. The van der Waals surface area contributed by atoms with Crippen molar-refractivity contribution in [2.24, 2.45) is 15.2 Å². The number of thioether (sulfide) groups is 1. The summed E-state index contributed by atoms with van der Waals surface area (Å²) in [5, 5.41) is 28.9. The number of fused-ring (bicyclic) bond motifs is 1. The number of amidine groups is 1. The lowest BCUT2D eigenvalue weighted by Gasteiger charge is -2.06. The number of H-pyrrole nitrogens is 1. The van der Waals surface area contributed by atoms with Gasteiger partial charge in [-0.2, -0.15) is 4.99 Å². The number of halogens is 1. The number of aromatic hydroxyl groups is 1. The smallest absolute Gasteiger partial charge is 0.305 e. The van der Waals surface area contributed by atoms with Gasteiger partial charge in [0.05, 0.1) is 11.9 Å². The van der Waals surface area contributed by atoms with Crippen LogP contribution in [-0.4, -0.2) is 49.9 Å². The number of carbonyl (C=O) groups excluding carboxylic acids is 2. The fourth-order valence-electron chi connectivity index (χ4n) is 2.42. The van der Waals surface area contributed by atoms with E-state index in [9.17, 15) is 19.5 Å². The molecule has 2 aromatic rings. The van der Waals surface area contributed by atoms with Gasteiger partial charge < -0.3 is 20.5 Å². The first kappa shape index (κ1) is 20.0. The lowest BCUT2D eigenvalue weighted by atomic mass is 10.2. The van der Waals surface area contributed by atoms with E-state index in [1.165, 1.54) is 0 Å². The highest BCUT2D eigenvalue weighted by atomic mass is 79.9. The molecule has 1 aromatic carbocycles. The molecule has 146 valence electrons. The normalized spacial score (nSPS) is 16.7. The Hall–Kier alpha value is -2.73. The van der Waals surface area contributed by atoms with E-state index < -0.39 is 23.0 Å². The summed E-state index contributed by atoms with van der Waals surface area (Å²) in [6.45, 7) is -0.0113. The van der Waals surface area contributed by atoms with Crippen LogP contribution in [0.1, 0.15) is 12.8 Å². The van der Waals surface area contributed by atoms with Gasteiger partial charge in [0, 0.05) is 22.8 Å². The molecule has 0 spiro atoms. The molecule has 0 fully saturated rings. The van der Waals surface area contributed by atoms with Gasteiger partial charge in [0.15, 0.2) is 5.69 Å². The van der Waals surface area contributed by atoms with E-state index in [0.717, 1.165) is 16.2 Å². The number of hydrogen-bond donors (Lipinski definition) is 4. The minimum Gasteiger partial charge on any atom is -0.493 e. The number of amides is 2. The van der Waals surface area contributed by atoms with Crippen LogP contribution in [0.4, 0.5) is 5.69 Å². The molecular formula is C16H14BrN5O5S. The highest BCUT2D eigenvalue weighted by molar-refractivity contribution is 9.10. The van der Waals surface area contributed by atoms with Crippen LogP contribution in [0.5, 0.6) is 5.88 Å². The lowest BCUT2D eigenvalue weighted by Crippen LogP contribution is -2.29. The van der Waals surface area contributed by atoms with Gasteiger partial charge in [-0.15, -0.1) is 10.2 Å². The van der Waals surface area contributed by atoms with E-state index >= 15 is 0 Å². The Kier molecular flexibility index (Phi) is 6.09. The summed E-state index contributed by atoms with van der Waals surface area (Å²) in [6.07, 6.45) is -0.339. The predicted molar refractivity (Wildman–Crippen MR) is 106 cm³/mol. The number of aromatic amines is 1. The molecule has 0 saturated heterocycles. The van der Waals surface area contributed by atoms with Crippen molar-refractivity contribution in [2.75, 3.05) is 6.54 Å². The average molecular weight is 468 g/mol. The monoisotopic (exact) mass is 467 g/mol. The molecule has 2 amide bonds. The molecule has 12 heteroatoms. The summed E-state index contributed by atoms with van der Waals surface area (Å²) in [5.74, 6) is -2.15. The second-order valence-electron chi connectivity index (χ2n) is 5.75. The van der Waals surface area contributed by atoms with E-state index in [1.807, 2.05) is 0 Å². The Labute approximate surface area is 170 Å². The molecule has 0 aliphatic carbocycles. The van der Waals surface area contributed by atoms with Gasteiger partial charge in [0.25, 0.3) is 5.91 Å². The van der Waals surface area contributed by atoms with E-state index in [-0.39, 0.29) is 36.1 Å². The number of aromatic nitrogens is 1. The minimum atomic E-state index is -1.02. The van der Waals surface area contributed by atoms with Crippen molar-refractivity contribution >= 4 is 67.2 Å². The van der Waals surface area contributed by atoms with Crippen molar-refractivity contribution in [1.29, 1.82) is 0 Å². The highest BCUT2D eigenvalue weighted by Crippen LogP contribution is 2.37. The van der Waals surface area contributed by atoms with Gasteiger partial charge in [-0.1, -0.05) is 27.7 Å². The quantitative estimate of drug-likeness (QED) is 0.478. The number of carbonyl (C=O) groups is 3. The zero-order chi connectivity index (χ0) is 20.3. The van der Waals surface area contributed by atoms with Crippen molar-refractivity contribution < 1.29 is 24.6 Å². The number of nitrogens with one attached hydrogen (secondary N) is 2. The van der Waals surface area contributed by atoms with Crippen LogP contribution in [0.2, 0.25) is 0 Å². The van der Waals surface area contributed by atoms with E-state index in [4.69, 9.17) is 5.11 Å². The van der Waals surface area contributed by atoms with Gasteiger partial charge in [0.1, 0.15) is 5.25 Å². The number of carboxylic acid groups (broad SMARTS) is 1. The summed E-state index contributed by atoms with van der Waals surface area (Å²) < 4.78 is 0.798. The van der Waals surface area contributed by atoms with Gasteiger partial charge in [-0.05, 0) is 18.2 Å². The molecule has 1 aliphatic heterocycles. The first-order chi connectivity index (χ1) is 13.3. The van der Waals surface area contributed by atoms with E-state index in [0.29, 0.717) is 10.9 Å². The van der Waals surface area contributed by atoms with Crippen LogP contribution in [0.3, 0.4) is 0 Å². The van der Waals surface area contributed by atoms with Crippen LogP contribution in [0, 0.1) is 0 Å². The maximum atomic E-state index is 11.9. The van der Waals surface area contributed by atoms with Crippen LogP contribution in [-0.2, 0) is 14.4 Å². The number of azo groups is 1. The molecule has 0 bridgehead atoms. The number of aliphatic carboxylic acids is 1. The summed E-state index contributed by atoms with van der Waals surface area (Å²) in [4.78, 5) is 40.7. The molecule has 1 aromatic heterocycles. The third-order valence-corrected chi connectivity index (χ3v) is 5.24. The lowest BCUT2D eigenvalue weighted by molar-refractivity contribution is -0.137. The van der Waals surface area contributed by atoms with Crippen molar-refractivity contribution in [1.82, 2.24) is 10.3 Å². The summed E-state index contributed by atoms with van der Waals surface area (Å²) in [5.41, 5.74) is 0.879. The third kappa shape index (κ3) is 4.75. The summed E-state index contributed by atoms with van der Waals surface area (Å²) >= 11 is 4.33. The number of aliphatic imine (C=N–C) groups is 1. The molecule has 0 radical (unpaired) electrons. The molecular weight excluding hydrogens is 454 g/mol. The van der Waals surface area contributed by atoms with E-state index in [2.05, 4.69) is 41.5 Å². The highest BCUT2D eigenvalue weighted by Gasteiger charge is 2.30. The van der Waals surface area contributed by atoms with Crippen LogP contribution in [0.15, 0.2) is 37.9 Å². The van der Waals surface area contributed by atoms with Gasteiger partial charge in [0.2, 0.25) is 17.0 Å². The zero-order valence-electron chi connectivity index (χ0n) is 14.2. The topological polar surface area (TPSA) is 157 Å². The first-order valence-corrected chi connectivity index (χ1v) is 9.70. The standard InChI is InChI=1S/C16H14BrN5O5S/c17-7-1-2-9-8(5-7)13(15(27)19-9)21-22-16-20-14(26)10(28-16)6-11(23)18-4-3-12(24)25/h1-2,5,10,19,27H,3-4,6H2,(H,18,23)(H,24,25). The number of rotatable bonds is 6. The van der Waals surface area contributed by atoms with Gasteiger partial charge in [-0.3, -0.25) is 14.4 Å². The van der Waals surface area contributed by atoms with Crippen LogP contribution < -0.4 is 5.32 Å². The molecule has 1 atom stereocenters. The maximum absolute atomic E-state index is 11.9. The number of nitrogens with zero attached hydrogens (tertiary/aromatic N) is 3. The number of benzene rings is 1. The largest absolute Gasteiger partial charge is 0.493 e. The van der Waals surface area contributed by atoms with Crippen molar-refractivity contribution in [3.63, 3.8) is 0 Å². The maximum Gasteiger partial charge on any atom is 0.305 e. The first-order valence-electron chi connectivity index (χ1n) is 8.03. The molecule has 2 heterocycles. The third-order valence-electron chi connectivity index (χ3n) is 3.71. The molecule has 1 aliphatic rings. The van der Waals surface area contributed by atoms with Crippen molar-refractivity contribution in [3.8, 4) is 5.88 Å². The van der Waals surface area contributed by atoms with Gasteiger partial charge in [-0.25, -0.2) is 0 Å². The van der Waals surface area contributed by atoms with Crippen molar-refractivity contribution in [3.05, 3.63) is 22.7 Å².